The van der Waals surface area contributed by atoms with Crippen LogP contribution in [0.2, 0.25) is 0 Å². The quantitative estimate of drug-likeness (QED) is 0.562. The van der Waals surface area contributed by atoms with Crippen molar-refractivity contribution >= 4 is 5.78 Å². The van der Waals surface area contributed by atoms with E-state index in [0.29, 0.717) is 22.5 Å². The molecule has 0 heterocycles. The highest BCUT2D eigenvalue weighted by Crippen LogP contribution is 2.65. The van der Waals surface area contributed by atoms with Crippen LogP contribution >= 0.6 is 0 Å². The zero-order chi connectivity index (χ0) is 14.8. The number of allylic oxidation sites excluding steroid dienone is 2. The Hall–Kier alpha value is -0.590. The number of ketones is 1. The molecule has 0 radical (unpaired) electrons. The Morgan fingerprint density at radius 2 is 1.90 bits per heavy atom. The van der Waals surface area contributed by atoms with Crippen LogP contribution in [0.3, 0.4) is 0 Å². The first kappa shape index (κ1) is 14.0. The molecule has 4 aliphatic rings. The number of hydrogen-bond acceptors (Lipinski definition) is 1. The second-order valence-corrected chi connectivity index (χ2v) is 8.98. The number of hydrogen-bond donors (Lipinski definition) is 0. The molecule has 4 aliphatic carbocycles. The summed E-state index contributed by atoms with van der Waals surface area (Å²) in [6.07, 6.45) is 12.3. The summed E-state index contributed by atoms with van der Waals surface area (Å²) in [6.45, 7) is 7.44. The Kier molecular flexibility index (Phi) is 2.98. The van der Waals surface area contributed by atoms with Crippen LogP contribution in [0.4, 0.5) is 0 Å². The molecule has 3 saturated carbocycles. The van der Waals surface area contributed by atoms with E-state index in [1.807, 2.05) is 0 Å². The molecular formula is C20H30O. The number of carbonyl (C=O) groups is 1. The summed E-state index contributed by atoms with van der Waals surface area (Å²) in [5.74, 6) is 3.94. The van der Waals surface area contributed by atoms with Crippen LogP contribution in [-0.2, 0) is 4.79 Å². The third-order valence-corrected chi connectivity index (χ3v) is 8.45. The molecule has 1 nitrogen and oxygen atoms in total. The van der Waals surface area contributed by atoms with Crippen LogP contribution in [-0.4, -0.2) is 5.78 Å². The molecule has 0 aromatic rings. The van der Waals surface area contributed by atoms with Crippen LogP contribution in [0, 0.1) is 34.5 Å². The first-order valence-corrected chi connectivity index (χ1v) is 9.14. The second kappa shape index (κ2) is 4.46. The fourth-order valence-corrected chi connectivity index (χ4v) is 6.83. The summed E-state index contributed by atoms with van der Waals surface area (Å²) < 4.78 is 0. The molecule has 0 aliphatic heterocycles. The summed E-state index contributed by atoms with van der Waals surface area (Å²) >= 11 is 0. The van der Waals surface area contributed by atoms with Crippen molar-refractivity contribution < 1.29 is 4.79 Å². The van der Waals surface area contributed by atoms with Gasteiger partial charge in [0.25, 0.3) is 0 Å². The third-order valence-electron chi connectivity index (χ3n) is 8.45. The van der Waals surface area contributed by atoms with Gasteiger partial charge in [-0.1, -0.05) is 25.5 Å². The molecule has 6 atom stereocenters. The fraction of sp³-hybridized carbons (Fsp3) is 0.850. The molecule has 6 unspecified atom stereocenters. The van der Waals surface area contributed by atoms with Gasteiger partial charge in [-0.15, -0.1) is 0 Å². The Bertz CT molecular complexity index is 504. The first-order valence-electron chi connectivity index (χ1n) is 9.14. The Labute approximate surface area is 129 Å². The third kappa shape index (κ3) is 1.79. The van der Waals surface area contributed by atoms with Crippen molar-refractivity contribution in [3.05, 3.63) is 11.6 Å². The molecule has 0 aromatic heterocycles. The molecule has 0 saturated heterocycles. The van der Waals surface area contributed by atoms with Crippen molar-refractivity contribution in [1.29, 1.82) is 0 Å². The van der Waals surface area contributed by atoms with E-state index in [9.17, 15) is 4.79 Å². The molecule has 21 heavy (non-hydrogen) atoms. The lowest BCUT2D eigenvalue weighted by Crippen LogP contribution is -2.53. The maximum atomic E-state index is 11.9. The minimum atomic E-state index is 0.467. The second-order valence-electron chi connectivity index (χ2n) is 8.98. The highest BCUT2D eigenvalue weighted by Gasteiger charge is 2.57. The summed E-state index contributed by atoms with van der Waals surface area (Å²) in [6, 6.07) is 0. The lowest BCUT2D eigenvalue weighted by atomic mass is 9.45. The minimum Gasteiger partial charge on any atom is -0.300 e. The van der Waals surface area contributed by atoms with Gasteiger partial charge in [-0.25, -0.2) is 0 Å². The van der Waals surface area contributed by atoms with E-state index in [4.69, 9.17) is 0 Å². The minimum absolute atomic E-state index is 0.467. The maximum absolute atomic E-state index is 11.9. The SMILES string of the molecule is CC1=CCC2C3CCC4CC(=O)CCC4(C)C3CCC12C. The van der Waals surface area contributed by atoms with Gasteiger partial charge < -0.3 is 0 Å². The lowest BCUT2D eigenvalue weighted by molar-refractivity contribution is -0.137. The van der Waals surface area contributed by atoms with E-state index in [0.717, 1.165) is 30.6 Å². The Morgan fingerprint density at radius 3 is 2.71 bits per heavy atom. The summed E-state index contributed by atoms with van der Waals surface area (Å²) in [5.41, 5.74) is 2.63. The molecule has 0 bridgehead atoms. The van der Waals surface area contributed by atoms with E-state index in [-0.39, 0.29) is 0 Å². The molecular weight excluding hydrogens is 256 g/mol. The molecule has 3 fully saturated rings. The molecule has 0 amide bonds. The zero-order valence-electron chi connectivity index (χ0n) is 14.0. The summed E-state index contributed by atoms with van der Waals surface area (Å²) in [5, 5.41) is 0. The standard InChI is InChI=1S/C20H30O/c1-13-4-7-17-16-6-5-14-12-15(21)8-10-20(14,3)18(16)9-11-19(13,17)2/h4,14,16-18H,5-12H2,1-3H3. The van der Waals surface area contributed by atoms with Crippen molar-refractivity contribution in [1.82, 2.24) is 0 Å². The molecule has 4 rings (SSSR count). The van der Waals surface area contributed by atoms with Crippen LogP contribution in [0.25, 0.3) is 0 Å². The van der Waals surface area contributed by atoms with E-state index < -0.39 is 0 Å². The van der Waals surface area contributed by atoms with Crippen LogP contribution in [0.1, 0.15) is 72.1 Å². The van der Waals surface area contributed by atoms with Gasteiger partial charge in [-0.3, -0.25) is 4.79 Å². The van der Waals surface area contributed by atoms with E-state index in [1.54, 1.807) is 5.57 Å². The first-order chi connectivity index (χ1) is 9.95. The predicted molar refractivity (Wildman–Crippen MR) is 85.9 cm³/mol. The van der Waals surface area contributed by atoms with Crippen LogP contribution < -0.4 is 0 Å². The van der Waals surface area contributed by atoms with Crippen molar-refractivity contribution in [2.75, 3.05) is 0 Å². The lowest BCUT2D eigenvalue weighted by Gasteiger charge is -2.60. The predicted octanol–water partition coefficient (Wildman–Crippen LogP) is 5.15. The van der Waals surface area contributed by atoms with Gasteiger partial charge in [0.2, 0.25) is 0 Å². The monoisotopic (exact) mass is 286 g/mol. The van der Waals surface area contributed by atoms with Crippen molar-refractivity contribution in [2.45, 2.75) is 72.1 Å². The van der Waals surface area contributed by atoms with Crippen LogP contribution in [0.5, 0.6) is 0 Å². The van der Waals surface area contributed by atoms with Gasteiger partial charge in [-0.2, -0.15) is 0 Å². The van der Waals surface area contributed by atoms with Crippen LogP contribution in [0.15, 0.2) is 11.6 Å². The summed E-state index contributed by atoms with van der Waals surface area (Å²) in [4.78, 5) is 11.9. The molecule has 0 N–H and O–H groups in total. The normalized spacial score (nSPS) is 52.7. The summed E-state index contributed by atoms with van der Waals surface area (Å²) in [7, 11) is 0. The molecule has 1 heteroatoms. The fourth-order valence-electron chi connectivity index (χ4n) is 6.83. The topological polar surface area (TPSA) is 17.1 Å². The number of Topliss-reactive ketones (excluding diaryl/α,β-unsaturated/α-hetero) is 1. The number of fused-ring (bicyclic) bond motifs is 5. The van der Waals surface area contributed by atoms with Gasteiger partial charge in [0.05, 0.1) is 0 Å². The van der Waals surface area contributed by atoms with E-state index >= 15 is 0 Å². The van der Waals surface area contributed by atoms with E-state index in [2.05, 4.69) is 26.8 Å². The van der Waals surface area contributed by atoms with Gasteiger partial charge >= 0.3 is 0 Å². The van der Waals surface area contributed by atoms with Crippen molar-refractivity contribution in [2.24, 2.45) is 34.5 Å². The van der Waals surface area contributed by atoms with Gasteiger partial charge in [0.1, 0.15) is 5.78 Å². The van der Waals surface area contributed by atoms with Gasteiger partial charge in [0, 0.05) is 12.8 Å². The van der Waals surface area contributed by atoms with Gasteiger partial charge in [0.15, 0.2) is 0 Å². The molecule has 116 valence electrons. The Morgan fingerprint density at radius 1 is 1.10 bits per heavy atom. The van der Waals surface area contributed by atoms with Crippen molar-refractivity contribution in [3.63, 3.8) is 0 Å². The van der Waals surface area contributed by atoms with Crippen molar-refractivity contribution in [3.8, 4) is 0 Å². The van der Waals surface area contributed by atoms with Gasteiger partial charge in [-0.05, 0) is 80.0 Å². The van der Waals surface area contributed by atoms with E-state index in [1.165, 1.54) is 38.5 Å². The number of rotatable bonds is 0. The highest BCUT2D eigenvalue weighted by atomic mass is 16.1. The molecule has 0 spiro atoms. The Balaban J connectivity index is 1.64. The maximum Gasteiger partial charge on any atom is 0.133 e. The molecule has 0 aromatic carbocycles. The largest absolute Gasteiger partial charge is 0.300 e. The average molecular weight is 286 g/mol. The smallest absolute Gasteiger partial charge is 0.133 e. The zero-order valence-corrected chi connectivity index (χ0v) is 14.0. The highest BCUT2D eigenvalue weighted by molar-refractivity contribution is 5.79. The number of carbonyl (C=O) groups excluding carboxylic acids is 1. The average Bonchev–Trinajstić information content (AvgIpc) is 2.76.